The van der Waals surface area contributed by atoms with Crippen LogP contribution >= 0.6 is 11.6 Å². The molecule has 2 aliphatic heterocycles. The second-order valence-corrected chi connectivity index (χ2v) is 8.17. The number of rotatable bonds is 4. The van der Waals surface area contributed by atoms with E-state index in [0.717, 1.165) is 22.3 Å². The van der Waals surface area contributed by atoms with Crippen LogP contribution in [0.2, 0.25) is 5.02 Å². The number of carbonyl (C=O) groups excluding carboxylic acids is 1. The van der Waals surface area contributed by atoms with Crippen molar-refractivity contribution in [3.05, 3.63) is 39.4 Å². The van der Waals surface area contributed by atoms with E-state index in [2.05, 4.69) is 0 Å². The Bertz CT molecular complexity index is 851. The fourth-order valence-corrected chi connectivity index (χ4v) is 5.20. The number of aryl methyl sites for hydroxylation is 2. The van der Waals surface area contributed by atoms with E-state index >= 15 is 0 Å². The van der Waals surface area contributed by atoms with Gasteiger partial charge in [0.05, 0.1) is 18.2 Å². The molecule has 3 rings (SSSR count). The average Bonchev–Trinajstić information content (AvgIpc) is 2.83. The molecule has 158 valence electrons. The van der Waals surface area contributed by atoms with E-state index in [0.29, 0.717) is 36.5 Å². The molecule has 1 aromatic rings. The van der Waals surface area contributed by atoms with E-state index in [1.165, 1.54) is 0 Å². The fraction of sp³-hybridized carbons (Fsp3) is 0.524. The third-order valence-electron chi connectivity index (χ3n) is 6.17. The molecule has 0 radical (unpaired) electrons. The Morgan fingerprint density at radius 1 is 1.24 bits per heavy atom. The zero-order valence-electron chi connectivity index (χ0n) is 17.4. The van der Waals surface area contributed by atoms with E-state index in [9.17, 15) is 14.7 Å². The van der Waals surface area contributed by atoms with Gasteiger partial charge in [0, 0.05) is 30.7 Å². The van der Waals surface area contributed by atoms with Crippen molar-refractivity contribution in [1.29, 1.82) is 0 Å². The summed E-state index contributed by atoms with van der Waals surface area (Å²) in [6.07, 6.45) is -0.873. The van der Waals surface area contributed by atoms with Crippen LogP contribution in [0.15, 0.2) is 17.7 Å². The summed E-state index contributed by atoms with van der Waals surface area (Å²) < 4.78 is 5.18. The van der Waals surface area contributed by atoms with Crippen molar-refractivity contribution in [2.45, 2.75) is 45.3 Å². The number of likely N-dealkylation sites (N-methyl/N-ethyl adjacent to an activating group) is 1. The third-order valence-corrected chi connectivity index (χ3v) is 6.39. The highest BCUT2D eigenvalue weighted by Gasteiger charge is 2.53. The number of ether oxygens (including phenoxy) is 1. The van der Waals surface area contributed by atoms with Crippen LogP contribution in [0.4, 0.5) is 4.79 Å². The van der Waals surface area contributed by atoms with E-state index in [1.807, 2.05) is 31.0 Å². The Hall–Kier alpha value is -2.09. The molecule has 1 aromatic carbocycles. The van der Waals surface area contributed by atoms with Crippen LogP contribution < -0.4 is 0 Å². The second-order valence-electron chi connectivity index (χ2n) is 7.74. The number of piperidine rings is 1. The minimum atomic E-state index is -1.36. The van der Waals surface area contributed by atoms with Crippen LogP contribution in [0.25, 0.3) is 5.57 Å². The van der Waals surface area contributed by atoms with E-state index in [1.54, 1.807) is 26.0 Å². The predicted octanol–water partition coefficient (Wildman–Crippen LogP) is 3.66. The van der Waals surface area contributed by atoms with Crippen LogP contribution in [-0.4, -0.2) is 66.0 Å². The molecule has 1 N–H and O–H groups in total. The molecule has 0 aromatic heterocycles. The Morgan fingerprint density at radius 2 is 1.79 bits per heavy atom. The van der Waals surface area contributed by atoms with Gasteiger partial charge in [-0.2, -0.15) is 5.06 Å². The molecular formula is C21H27ClN2O5. The minimum Gasteiger partial charge on any atom is -0.450 e. The van der Waals surface area contributed by atoms with Gasteiger partial charge >= 0.3 is 6.16 Å². The third kappa shape index (κ3) is 3.63. The van der Waals surface area contributed by atoms with E-state index in [-0.39, 0.29) is 5.91 Å². The van der Waals surface area contributed by atoms with Crippen molar-refractivity contribution in [2.75, 3.05) is 27.2 Å². The standard InChI is InChI=1S/C21H27ClN2O5/c1-12-10-15(22)11-13(2)16(12)17-18(14(3)29-20(26)27)21(23(4)19(17)25)6-8-24(28-5)9-7-21/h10-11,14H,6-9H2,1-5H3,(H,26,27). The van der Waals surface area contributed by atoms with Crippen molar-refractivity contribution >= 4 is 29.2 Å². The van der Waals surface area contributed by atoms with Gasteiger partial charge in [-0.05, 0) is 62.4 Å². The number of hydroxylamine groups is 2. The van der Waals surface area contributed by atoms with Crippen molar-refractivity contribution in [3.8, 4) is 0 Å². The van der Waals surface area contributed by atoms with Crippen molar-refractivity contribution in [3.63, 3.8) is 0 Å². The lowest BCUT2D eigenvalue weighted by Crippen LogP contribution is -2.54. The van der Waals surface area contributed by atoms with Crippen LogP contribution in [0.5, 0.6) is 0 Å². The highest BCUT2D eigenvalue weighted by molar-refractivity contribution is 6.31. The summed E-state index contributed by atoms with van der Waals surface area (Å²) in [5.41, 5.74) is 3.18. The summed E-state index contributed by atoms with van der Waals surface area (Å²) in [6.45, 7) is 6.77. The van der Waals surface area contributed by atoms with Gasteiger partial charge in [0.2, 0.25) is 0 Å². The van der Waals surface area contributed by atoms with Crippen LogP contribution in [0.3, 0.4) is 0 Å². The SMILES string of the molecule is CON1CCC2(CC1)C(C(C)OC(=O)O)=C(c1c(C)cc(Cl)cc1C)C(=O)N2C. The molecule has 1 atom stereocenters. The first-order valence-corrected chi connectivity index (χ1v) is 9.98. The maximum Gasteiger partial charge on any atom is 0.506 e. The van der Waals surface area contributed by atoms with Crippen molar-refractivity contribution in [2.24, 2.45) is 0 Å². The van der Waals surface area contributed by atoms with Gasteiger partial charge < -0.3 is 19.6 Å². The molecule has 1 saturated heterocycles. The Labute approximate surface area is 175 Å². The Balaban J connectivity index is 2.24. The second kappa shape index (κ2) is 7.97. The summed E-state index contributed by atoms with van der Waals surface area (Å²) >= 11 is 6.20. The summed E-state index contributed by atoms with van der Waals surface area (Å²) in [5, 5.41) is 11.7. The number of carboxylic acid groups (broad SMARTS) is 1. The molecule has 1 unspecified atom stereocenters. The number of benzene rings is 1. The first-order chi connectivity index (χ1) is 13.6. The summed E-state index contributed by atoms with van der Waals surface area (Å²) in [6, 6.07) is 3.64. The van der Waals surface area contributed by atoms with Gasteiger partial charge in [0.15, 0.2) is 0 Å². The monoisotopic (exact) mass is 422 g/mol. The van der Waals surface area contributed by atoms with Gasteiger partial charge in [0.25, 0.3) is 5.91 Å². The quantitative estimate of drug-likeness (QED) is 0.746. The number of amides is 1. The summed E-state index contributed by atoms with van der Waals surface area (Å²) in [4.78, 5) is 31.9. The number of hydrogen-bond donors (Lipinski definition) is 1. The average molecular weight is 423 g/mol. The maximum atomic E-state index is 13.5. The van der Waals surface area contributed by atoms with Gasteiger partial charge in [0.1, 0.15) is 6.10 Å². The van der Waals surface area contributed by atoms with Gasteiger partial charge in [-0.1, -0.05) is 11.6 Å². The topological polar surface area (TPSA) is 79.3 Å². The van der Waals surface area contributed by atoms with E-state index in [4.69, 9.17) is 21.2 Å². The fourth-order valence-electron chi connectivity index (χ4n) is 4.87. The molecule has 1 spiro atoms. The smallest absolute Gasteiger partial charge is 0.450 e. The highest BCUT2D eigenvalue weighted by atomic mass is 35.5. The van der Waals surface area contributed by atoms with Gasteiger partial charge in [-0.15, -0.1) is 0 Å². The molecule has 1 fully saturated rings. The van der Waals surface area contributed by atoms with Crippen LogP contribution in [-0.2, 0) is 14.4 Å². The van der Waals surface area contributed by atoms with Crippen molar-refractivity contribution in [1.82, 2.24) is 9.96 Å². The zero-order chi connectivity index (χ0) is 21.5. The number of halogens is 1. The van der Waals surface area contributed by atoms with E-state index < -0.39 is 17.8 Å². The molecule has 7 nitrogen and oxygen atoms in total. The van der Waals surface area contributed by atoms with Gasteiger partial charge in [-0.3, -0.25) is 4.79 Å². The minimum absolute atomic E-state index is 0.125. The van der Waals surface area contributed by atoms with Crippen molar-refractivity contribution < 1.29 is 24.3 Å². The van der Waals surface area contributed by atoms with Crippen LogP contribution in [0, 0.1) is 13.8 Å². The lowest BCUT2D eigenvalue weighted by molar-refractivity contribution is -0.160. The summed E-state index contributed by atoms with van der Waals surface area (Å²) in [7, 11) is 3.41. The highest BCUT2D eigenvalue weighted by Crippen LogP contribution is 2.48. The first-order valence-electron chi connectivity index (χ1n) is 9.61. The number of hydrogen-bond acceptors (Lipinski definition) is 5. The zero-order valence-corrected chi connectivity index (χ0v) is 18.2. The molecule has 0 aliphatic carbocycles. The molecule has 8 heteroatoms. The summed E-state index contributed by atoms with van der Waals surface area (Å²) in [5.74, 6) is -0.125. The largest absolute Gasteiger partial charge is 0.506 e. The molecule has 2 heterocycles. The Morgan fingerprint density at radius 3 is 2.28 bits per heavy atom. The molecule has 1 amide bonds. The predicted molar refractivity (Wildman–Crippen MR) is 110 cm³/mol. The number of nitrogens with zero attached hydrogens (tertiary/aromatic N) is 2. The maximum absolute atomic E-state index is 13.5. The Kier molecular flexibility index (Phi) is 5.94. The lowest BCUT2D eigenvalue weighted by Gasteiger charge is -2.45. The molecular weight excluding hydrogens is 396 g/mol. The molecule has 29 heavy (non-hydrogen) atoms. The van der Waals surface area contributed by atoms with Gasteiger partial charge in [-0.25, -0.2) is 4.79 Å². The molecule has 0 saturated carbocycles. The molecule has 2 aliphatic rings. The van der Waals surface area contributed by atoms with Crippen LogP contribution in [0.1, 0.15) is 36.5 Å². The molecule has 0 bridgehead atoms. The first kappa shape index (κ1) is 21.6. The normalized spacial score (nSPS) is 20.5. The number of carbonyl (C=O) groups is 2. The lowest BCUT2D eigenvalue weighted by atomic mass is 9.77.